The largest absolute Gasteiger partial charge is 0.390 e. The van der Waals surface area contributed by atoms with E-state index in [-0.39, 0.29) is 0 Å². The van der Waals surface area contributed by atoms with Crippen LogP contribution in [-0.4, -0.2) is 29.9 Å². The van der Waals surface area contributed by atoms with Crippen LogP contribution < -0.4 is 16.6 Å². The van der Waals surface area contributed by atoms with Crippen LogP contribution in [0.5, 0.6) is 0 Å². The quantitative estimate of drug-likeness (QED) is 0.346. The molecule has 1 rings (SSSR count). The van der Waals surface area contributed by atoms with Crippen molar-refractivity contribution in [1.29, 1.82) is 0 Å². The SMILES string of the molecule is CNCCC(O)C(O)c1cccc(NN)c1. The summed E-state index contributed by atoms with van der Waals surface area (Å²) < 4.78 is 0. The van der Waals surface area contributed by atoms with Gasteiger partial charge in [-0.1, -0.05) is 12.1 Å². The molecule has 0 aliphatic heterocycles. The lowest BCUT2D eigenvalue weighted by atomic mass is 10.0. The first-order chi connectivity index (χ1) is 7.69. The molecule has 0 aromatic heterocycles. The summed E-state index contributed by atoms with van der Waals surface area (Å²) in [5.74, 6) is 5.27. The van der Waals surface area contributed by atoms with Crippen molar-refractivity contribution in [3.8, 4) is 0 Å². The second-order valence-electron chi connectivity index (χ2n) is 3.67. The van der Waals surface area contributed by atoms with E-state index in [9.17, 15) is 10.2 Å². The van der Waals surface area contributed by atoms with Crippen LogP contribution in [0.3, 0.4) is 0 Å². The number of aliphatic hydroxyl groups is 2. The lowest BCUT2D eigenvalue weighted by Gasteiger charge is -2.18. The third kappa shape index (κ3) is 3.46. The molecule has 0 fully saturated rings. The molecule has 5 heteroatoms. The summed E-state index contributed by atoms with van der Waals surface area (Å²) in [7, 11) is 1.80. The van der Waals surface area contributed by atoms with Crippen LogP contribution in [0.4, 0.5) is 5.69 Å². The number of anilines is 1. The first-order valence-corrected chi connectivity index (χ1v) is 5.26. The van der Waals surface area contributed by atoms with Crippen molar-refractivity contribution in [3.05, 3.63) is 29.8 Å². The zero-order chi connectivity index (χ0) is 12.0. The van der Waals surface area contributed by atoms with Crippen LogP contribution >= 0.6 is 0 Å². The summed E-state index contributed by atoms with van der Waals surface area (Å²) in [5, 5.41) is 22.5. The van der Waals surface area contributed by atoms with E-state index in [0.29, 0.717) is 24.2 Å². The summed E-state index contributed by atoms with van der Waals surface area (Å²) in [6.45, 7) is 0.660. The molecule has 1 aromatic rings. The average molecular weight is 225 g/mol. The molecule has 90 valence electrons. The Morgan fingerprint density at radius 2 is 2.12 bits per heavy atom. The van der Waals surface area contributed by atoms with Gasteiger partial charge in [-0.15, -0.1) is 0 Å². The summed E-state index contributed by atoms with van der Waals surface area (Å²) in [6, 6.07) is 7.04. The molecule has 1 aromatic carbocycles. The standard InChI is InChI=1S/C11H19N3O2/c1-13-6-5-10(15)11(16)8-3-2-4-9(7-8)14-12/h2-4,7,10-11,13-16H,5-6,12H2,1H3. The summed E-state index contributed by atoms with van der Waals surface area (Å²) in [5.41, 5.74) is 3.86. The number of hydrogen-bond acceptors (Lipinski definition) is 5. The zero-order valence-electron chi connectivity index (χ0n) is 9.35. The highest BCUT2D eigenvalue weighted by Gasteiger charge is 2.17. The van der Waals surface area contributed by atoms with Gasteiger partial charge in [0, 0.05) is 5.69 Å². The molecular weight excluding hydrogens is 206 g/mol. The van der Waals surface area contributed by atoms with E-state index in [2.05, 4.69) is 10.7 Å². The molecule has 2 atom stereocenters. The Kier molecular flexibility index (Phi) is 5.21. The molecular formula is C11H19N3O2. The van der Waals surface area contributed by atoms with Crippen LogP contribution in [0.1, 0.15) is 18.1 Å². The lowest BCUT2D eigenvalue weighted by molar-refractivity contribution is 0.0140. The minimum atomic E-state index is -0.887. The molecule has 0 saturated heterocycles. The second kappa shape index (κ2) is 6.44. The maximum atomic E-state index is 9.89. The van der Waals surface area contributed by atoms with E-state index in [4.69, 9.17) is 5.84 Å². The molecule has 0 aliphatic carbocycles. The van der Waals surface area contributed by atoms with Crippen LogP contribution in [0.2, 0.25) is 0 Å². The number of hydrazine groups is 1. The smallest absolute Gasteiger partial charge is 0.105 e. The average Bonchev–Trinajstić information content (AvgIpc) is 2.35. The van der Waals surface area contributed by atoms with E-state index in [1.807, 2.05) is 0 Å². The Hall–Kier alpha value is -1.14. The second-order valence-corrected chi connectivity index (χ2v) is 3.67. The van der Waals surface area contributed by atoms with Crippen molar-refractivity contribution in [2.24, 2.45) is 5.84 Å². The molecule has 16 heavy (non-hydrogen) atoms. The maximum absolute atomic E-state index is 9.89. The third-order valence-electron chi connectivity index (χ3n) is 2.45. The van der Waals surface area contributed by atoms with Gasteiger partial charge in [-0.05, 0) is 37.7 Å². The van der Waals surface area contributed by atoms with Gasteiger partial charge in [0.25, 0.3) is 0 Å². The molecule has 0 radical (unpaired) electrons. The molecule has 2 unspecified atom stereocenters. The Morgan fingerprint density at radius 1 is 1.38 bits per heavy atom. The normalized spacial score (nSPS) is 14.5. The van der Waals surface area contributed by atoms with Crippen molar-refractivity contribution < 1.29 is 10.2 Å². The van der Waals surface area contributed by atoms with Crippen molar-refractivity contribution >= 4 is 5.69 Å². The van der Waals surface area contributed by atoms with Gasteiger partial charge in [0.2, 0.25) is 0 Å². The summed E-state index contributed by atoms with van der Waals surface area (Å²) >= 11 is 0. The van der Waals surface area contributed by atoms with Crippen LogP contribution in [0.15, 0.2) is 24.3 Å². The molecule has 0 spiro atoms. The molecule has 0 aliphatic rings. The fourth-order valence-electron chi connectivity index (χ4n) is 1.48. The van der Waals surface area contributed by atoms with Gasteiger partial charge in [-0.25, -0.2) is 0 Å². The third-order valence-corrected chi connectivity index (χ3v) is 2.45. The first kappa shape index (κ1) is 12.9. The van der Waals surface area contributed by atoms with Crippen LogP contribution in [0, 0.1) is 0 Å². The number of rotatable bonds is 6. The van der Waals surface area contributed by atoms with Gasteiger partial charge in [0.05, 0.1) is 6.10 Å². The number of nitrogens with one attached hydrogen (secondary N) is 2. The number of benzene rings is 1. The molecule has 0 saturated carbocycles. The summed E-state index contributed by atoms with van der Waals surface area (Å²) in [4.78, 5) is 0. The Labute approximate surface area is 95.3 Å². The van der Waals surface area contributed by atoms with E-state index < -0.39 is 12.2 Å². The van der Waals surface area contributed by atoms with Gasteiger partial charge in [-0.3, -0.25) is 5.84 Å². The van der Waals surface area contributed by atoms with E-state index in [0.717, 1.165) is 0 Å². The number of nitrogens with two attached hydrogens (primary N) is 1. The van der Waals surface area contributed by atoms with Crippen molar-refractivity contribution in [1.82, 2.24) is 5.32 Å². The number of nitrogen functional groups attached to an aromatic ring is 1. The highest BCUT2D eigenvalue weighted by Crippen LogP contribution is 2.21. The van der Waals surface area contributed by atoms with Gasteiger partial charge in [-0.2, -0.15) is 0 Å². The van der Waals surface area contributed by atoms with Crippen molar-refractivity contribution in [3.63, 3.8) is 0 Å². The minimum Gasteiger partial charge on any atom is -0.390 e. The molecule has 0 heterocycles. The van der Waals surface area contributed by atoms with E-state index in [1.165, 1.54) is 0 Å². The topological polar surface area (TPSA) is 90.5 Å². The van der Waals surface area contributed by atoms with Crippen LogP contribution in [0.25, 0.3) is 0 Å². The van der Waals surface area contributed by atoms with E-state index >= 15 is 0 Å². The highest BCUT2D eigenvalue weighted by molar-refractivity contribution is 5.45. The molecule has 0 amide bonds. The van der Waals surface area contributed by atoms with Gasteiger partial charge in [0.1, 0.15) is 6.10 Å². The predicted octanol–water partition coefficient (Wildman–Crippen LogP) is -0.0240. The fourth-order valence-corrected chi connectivity index (χ4v) is 1.48. The van der Waals surface area contributed by atoms with Crippen molar-refractivity contribution in [2.45, 2.75) is 18.6 Å². The van der Waals surface area contributed by atoms with E-state index in [1.54, 1.807) is 31.3 Å². The Balaban J connectivity index is 2.67. The van der Waals surface area contributed by atoms with Gasteiger partial charge < -0.3 is 21.0 Å². The Bertz CT molecular complexity index is 320. The fraction of sp³-hybridized carbons (Fsp3) is 0.455. The maximum Gasteiger partial charge on any atom is 0.105 e. The summed E-state index contributed by atoms with van der Waals surface area (Å²) in [6.07, 6.45) is -1.17. The minimum absolute atomic E-state index is 0.498. The molecule has 0 bridgehead atoms. The highest BCUT2D eigenvalue weighted by atomic mass is 16.3. The van der Waals surface area contributed by atoms with Crippen LogP contribution in [-0.2, 0) is 0 Å². The van der Waals surface area contributed by atoms with Crippen molar-refractivity contribution in [2.75, 3.05) is 19.0 Å². The number of hydrogen-bond donors (Lipinski definition) is 5. The van der Waals surface area contributed by atoms with Gasteiger partial charge >= 0.3 is 0 Å². The monoisotopic (exact) mass is 225 g/mol. The molecule has 6 N–H and O–H groups in total. The zero-order valence-corrected chi connectivity index (χ0v) is 9.35. The number of aliphatic hydroxyl groups excluding tert-OH is 2. The lowest BCUT2D eigenvalue weighted by Crippen LogP contribution is -2.23. The molecule has 5 nitrogen and oxygen atoms in total. The predicted molar refractivity (Wildman–Crippen MR) is 63.8 cm³/mol. The van der Waals surface area contributed by atoms with Gasteiger partial charge in [0.15, 0.2) is 0 Å². The first-order valence-electron chi connectivity index (χ1n) is 5.26. The Morgan fingerprint density at radius 3 is 2.75 bits per heavy atom.